The summed E-state index contributed by atoms with van der Waals surface area (Å²) in [6.45, 7) is 3.05. The predicted octanol–water partition coefficient (Wildman–Crippen LogP) is 1.76. The van der Waals surface area contributed by atoms with Crippen LogP contribution in [0.4, 0.5) is 5.69 Å². The molecule has 0 radical (unpaired) electrons. The number of rotatable bonds is 6. The lowest BCUT2D eigenvalue weighted by atomic mass is 10.1. The van der Waals surface area contributed by atoms with Crippen molar-refractivity contribution in [3.05, 3.63) is 29.8 Å². The number of nitrogens with two attached hydrogens (primary N) is 1. The number of ether oxygens (including phenoxy) is 1. The van der Waals surface area contributed by atoms with Crippen LogP contribution in [-0.2, 0) is 16.1 Å². The Hall–Kier alpha value is -1.39. The van der Waals surface area contributed by atoms with Gasteiger partial charge in [0.05, 0.1) is 0 Å². The van der Waals surface area contributed by atoms with Crippen LogP contribution in [0, 0.1) is 5.92 Å². The molecule has 17 heavy (non-hydrogen) atoms. The molecule has 1 aromatic rings. The van der Waals surface area contributed by atoms with Crippen LogP contribution in [0.5, 0.6) is 0 Å². The summed E-state index contributed by atoms with van der Waals surface area (Å²) in [5.41, 5.74) is 7.34. The summed E-state index contributed by atoms with van der Waals surface area (Å²) in [7, 11) is 1.64. The second-order valence-electron chi connectivity index (χ2n) is 4.22. The molecule has 0 saturated carbocycles. The molecule has 1 aromatic carbocycles. The Balaban J connectivity index is 2.49. The Bertz CT molecular complexity index is 366. The van der Waals surface area contributed by atoms with Gasteiger partial charge in [-0.15, -0.1) is 0 Å². The van der Waals surface area contributed by atoms with Crippen molar-refractivity contribution in [1.82, 2.24) is 0 Å². The third-order valence-electron chi connectivity index (χ3n) is 2.43. The first-order valence-corrected chi connectivity index (χ1v) is 5.73. The highest BCUT2D eigenvalue weighted by Gasteiger charge is 2.09. The molecule has 0 aliphatic heterocycles. The fourth-order valence-electron chi connectivity index (χ4n) is 1.65. The number of amides is 1. The quantitative estimate of drug-likeness (QED) is 0.791. The van der Waals surface area contributed by atoms with E-state index in [9.17, 15) is 4.79 Å². The van der Waals surface area contributed by atoms with Gasteiger partial charge in [-0.2, -0.15) is 0 Å². The number of carbonyl (C=O) groups excluding carboxylic acids is 1. The van der Waals surface area contributed by atoms with Crippen molar-refractivity contribution >= 4 is 11.6 Å². The second kappa shape index (κ2) is 7.04. The Morgan fingerprint density at radius 3 is 2.94 bits per heavy atom. The summed E-state index contributed by atoms with van der Waals surface area (Å²) in [6.07, 6.45) is 0.459. The molecular formula is C13H20N2O2. The van der Waals surface area contributed by atoms with Gasteiger partial charge >= 0.3 is 0 Å². The Labute approximate surface area is 102 Å². The Kier molecular flexibility index (Phi) is 5.66. The predicted molar refractivity (Wildman–Crippen MR) is 68.6 cm³/mol. The van der Waals surface area contributed by atoms with Gasteiger partial charge in [0.15, 0.2) is 0 Å². The van der Waals surface area contributed by atoms with E-state index in [1.54, 1.807) is 7.11 Å². The maximum Gasteiger partial charge on any atom is 0.224 e. The van der Waals surface area contributed by atoms with Crippen LogP contribution in [0.2, 0.25) is 0 Å². The van der Waals surface area contributed by atoms with Gasteiger partial charge in [0, 0.05) is 32.4 Å². The molecule has 0 aromatic heterocycles. The average Bonchev–Trinajstić information content (AvgIpc) is 2.29. The van der Waals surface area contributed by atoms with Crippen LogP contribution in [0.15, 0.2) is 24.3 Å². The number of nitrogens with one attached hydrogen (secondary N) is 1. The van der Waals surface area contributed by atoms with Crippen molar-refractivity contribution in [2.75, 3.05) is 19.0 Å². The van der Waals surface area contributed by atoms with Crippen molar-refractivity contribution in [3.8, 4) is 0 Å². The van der Waals surface area contributed by atoms with Gasteiger partial charge in [-0.25, -0.2) is 0 Å². The maximum absolute atomic E-state index is 11.7. The van der Waals surface area contributed by atoms with Crippen LogP contribution >= 0.6 is 0 Å². The molecule has 0 bridgehead atoms. The maximum atomic E-state index is 11.7. The number of carbonyl (C=O) groups is 1. The van der Waals surface area contributed by atoms with E-state index in [2.05, 4.69) is 5.32 Å². The van der Waals surface area contributed by atoms with Crippen molar-refractivity contribution < 1.29 is 9.53 Å². The third-order valence-corrected chi connectivity index (χ3v) is 2.43. The smallest absolute Gasteiger partial charge is 0.224 e. The summed E-state index contributed by atoms with van der Waals surface area (Å²) in [5, 5.41) is 2.86. The Morgan fingerprint density at radius 2 is 2.29 bits per heavy atom. The fraction of sp³-hybridized carbons (Fsp3) is 0.462. The topological polar surface area (TPSA) is 64.3 Å². The van der Waals surface area contributed by atoms with E-state index in [-0.39, 0.29) is 11.8 Å². The number of methoxy groups -OCH3 is 1. The molecule has 4 nitrogen and oxygen atoms in total. The molecule has 0 fully saturated rings. The zero-order valence-electron chi connectivity index (χ0n) is 10.4. The van der Waals surface area contributed by atoms with Crippen LogP contribution in [0.1, 0.15) is 18.9 Å². The summed E-state index contributed by atoms with van der Waals surface area (Å²) in [6, 6.07) is 7.57. The lowest BCUT2D eigenvalue weighted by Crippen LogP contribution is -2.17. The van der Waals surface area contributed by atoms with E-state index in [0.717, 1.165) is 11.3 Å². The Morgan fingerprint density at radius 1 is 1.53 bits per heavy atom. The number of hydrogen-bond donors (Lipinski definition) is 2. The van der Waals surface area contributed by atoms with E-state index >= 15 is 0 Å². The number of hydrogen-bond acceptors (Lipinski definition) is 3. The molecule has 1 unspecified atom stereocenters. The molecule has 3 N–H and O–H groups in total. The highest BCUT2D eigenvalue weighted by Crippen LogP contribution is 2.12. The molecule has 94 valence electrons. The second-order valence-corrected chi connectivity index (χ2v) is 4.22. The van der Waals surface area contributed by atoms with E-state index < -0.39 is 0 Å². The molecule has 0 aliphatic carbocycles. The molecule has 1 amide bonds. The minimum Gasteiger partial charge on any atom is -0.384 e. The average molecular weight is 236 g/mol. The normalized spacial score (nSPS) is 12.2. The van der Waals surface area contributed by atoms with Crippen LogP contribution in [0.3, 0.4) is 0 Å². The third kappa shape index (κ3) is 4.97. The summed E-state index contributed by atoms with van der Waals surface area (Å²) >= 11 is 0. The molecule has 1 rings (SSSR count). The van der Waals surface area contributed by atoms with E-state index in [1.165, 1.54) is 0 Å². The first-order chi connectivity index (χ1) is 8.15. The monoisotopic (exact) mass is 236 g/mol. The molecule has 0 saturated heterocycles. The van der Waals surface area contributed by atoms with Gasteiger partial charge in [0.1, 0.15) is 0 Å². The van der Waals surface area contributed by atoms with Gasteiger partial charge in [-0.3, -0.25) is 4.79 Å². The van der Waals surface area contributed by atoms with Gasteiger partial charge in [0.2, 0.25) is 5.91 Å². The SMILES string of the molecule is COCC(C)CC(=O)Nc1cccc(CN)c1. The van der Waals surface area contributed by atoms with Gasteiger partial charge in [-0.05, 0) is 23.6 Å². The zero-order chi connectivity index (χ0) is 12.7. The lowest BCUT2D eigenvalue weighted by Gasteiger charge is -2.11. The summed E-state index contributed by atoms with van der Waals surface area (Å²) in [5.74, 6) is 0.224. The lowest BCUT2D eigenvalue weighted by molar-refractivity contribution is -0.117. The first kappa shape index (κ1) is 13.7. The van der Waals surface area contributed by atoms with E-state index in [0.29, 0.717) is 19.6 Å². The van der Waals surface area contributed by atoms with Crippen molar-refractivity contribution in [1.29, 1.82) is 0 Å². The van der Waals surface area contributed by atoms with E-state index in [1.807, 2.05) is 31.2 Å². The highest BCUT2D eigenvalue weighted by molar-refractivity contribution is 5.90. The van der Waals surface area contributed by atoms with Crippen LogP contribution < -0.4 is 11.1 Å². The van der Waals surface area contributed by atoms with Crippen molar-refractivity contribution in [2.24, 2.45) is 11.7 Å². The molecule has 0 spiro atoms. The minimum absolute atomic E-state index is 0.00345. The van der Waals surface area contributed by atoms with Crippen LogP contribution in [-0.4, -0.2) is 19.6 Å². The van der Waals surface area contributed by atoms with Crippen LogP contribution in [0.25, 0.3) is 0 Å². The van der Waals surface area contributed by atoms with Crippen molar-refractivity contribution in [2.45, 2.75) is 19.9 Å². The van der Waals surface area contributed by atoms with Crippen molar-refractivity contribution in [3.63, 3.8) is 0 Å². The first-order valence-electron chi connectivity index (χ1n) is 5.73. The standard InChI is InChI=1S/C13H20N2O2/c1-10(9-17-2)6-13(16)15-12-5-3-4-11(7-12)8-14/h3-5,7,10H,6,8-9,14H2,1-2H3,(H,15,16). The van der Waals surface area contributed by atoms with Gasteiger partial charge in [0.25, 0.3) is 0 Å². The number of benzene rings is 1. The molecule has 1 atom stereocenters. The summed E-state index contributed by atoms with van der Waals surface area (Å²) in [4.78, 5) is 11.7. The summed E-state index contributed by atoms with van der Waals surface area (Å²) < 4.78 is 4.99. The van der Waals surface area contributed by atoms with E-state index in [4.69, 9.17) is 10.5 Å². The fourth-order valence-corrected chi connectivity index (χ4v) is 1.65. The molecule has 0 aliphatic rings. The molecule has 4 heteroatoms. The zero-order valence-corrected chi connectivity index (χ0v) is 10.4. The van der Waals surface area contributed by atoms with Gasteiger partial charge < -0.3 is 15.8 Å². The largest absolute Gasteiger partial charge is 0.384 e. The molecular weight excluding hydrogens is 216 g/mol. The van der Waals surface area contributed by atoms with Gasteiger partial charge in [-0.1, -0.05) is 19.1 Å². The molecule has 0 heterocycles. The number of anilines is 1. The minimum atomic E-state index is 0.00345. The highest BCUT2D eigenvalue weighted by atomic mass is 16.5.